The maximum atomic E-state index is 5.14. The SMILES string of the molecule is c1ccc(-c2cc(-c3ccccn3)nc(-n3c4ccccc4c4cc(-c5cc6ccc7cccc8c7c6c(c5)n8-c5ccc6ccccc6c5)ccc43)n2)nc1. The van der Waals surface area contributed by atoms with Gasteiger partial charge >= 0.3 is 0 Å². The third-order valence-corrected chi connectivity index (χ3v) is 11.2. The molecule has 0 radical (unpaired) electrons. The topological polar surface area (TPSA) is 61.4 Å². The molecule has 56 heavy (non-hydrogen) atoms. The zero-order valence-corrected chi connectivity index (χ0v) is 30.0. The van der Waals surface area contributed by atoms with Crippen molar-refractivity contribution < 1.29 is 0 Å². The molecule has 5 heterocycles. The van der Waals surface area contributed by atoms with Gasteiger partial charge in [0.15, 0.2) is 0 Å². The Hall–Kier alpha value is -7.70. The highest BCUT2D eigenvalue weighted by Crippen LogP contribution is 2.42. The molecule has 0 aliphatic carbocycles. The van der Waals surface area contributed by atoms with Gasteiger partial charge in [-0.1, -0.05) is 91.0 Å². The van der Waals surface area contributed by atoms with E-state index in [1.54, 1.807) is 12.4 Å². The van der Waals surface area contributed by atoms with E-state index in [9.17, 15) is 0 Å². The molecule has 0 amide bonds. The Morgan fingerprint density at radius 2 is 1.00 bits per heavy atom. The lowest BCUT2D eigenvalue weighted by Crippen LogP contribution is -2.04. The predicted molar refractivity (Wildman–Crippen MR) is 229 cm³/mol. The lowest BCUT2D eigenvalue weighted by Gasteiger charge is -2.12. The van der Waals surface area contributed by atoms with Crippen LogP contribution in [0.2, 0.25) is 0 Å². The van der Waals surface area contributed by atoms with Crippen LogP contribution in [0, 0.1) is 0 Å². The maximum absolute atomic E-state index is 5.14. The van der Waals surface area contributed by atoms with Crippen molar-refractivity contribution in [3.8, 4) is 45.5 Å². The van der Waals surface area contributed by atoms with Gasteiger partial charge in [0.05, 0.1) is 44.8 Å². The van der Waals surface area contributed by atoms with E-state index >= 15 is 0 Å². The minimum atomic E-state index is 0.569. The second kappa shape index (κ2) is 11.9. The number of benzene rings is 7. The van der Waals surface area contributed by atoms with Crippen LogP contribution in [0.1, 0.15) is 0 Å². The Bertz CT molecular complexity index is 3420. The fraction of sp³-hybridized carbons (Fsp3) is 0. The molecule has 0 saturated carbocycles. The van der Waals surface area contributed by atoms with E-state index in [-0.39, 0.29) is 0 Å². The highest BCUT2D eigenvalue weighted by atomic mass is 15.2. The predicted octanol–water partition coefficient (Wildman–Crippen LogP) is 12.2. The molecule has 7 aromatic carbocycles. The summed E-state index contributed by atoms with van der Waals surface area (Å²) in [5.41, 5.74) is 11.0. The molecule has 6 heteroatoms. The van der Waals surface area contributed by atoms with E-state index in [2.05, 4.69) is 146 Å². The molecule has 6 nitrogen and oxygen atoms in total. The van der Waals surface area contributed by atoms with Gasteiger partial charge in [0.2, 0.25) is 5.95 Å². The quantitative estimate of drug-likeness (QED) is 0.167. The molecule has 0 fully saturated rings. The zero-order valence-electron chi connectivity index (χ0n) is 30.0. The van der Waals surface area contributed by atoms with Crippen molar-refractivity contribution >= 4 is 65.2 Å². The average molecular weight is 715 g/mol. The van der Waals surface area contributed by atoms with E-state index in [0.717, 1.165) is 61.4 Å². The molecule has 0 unspecified atom stereocenters. The van der Waals surface area contributed by atoms with Gasteiger partial charge in [0.1, 0.15) is 0 Å². The number of hydrogen-bond donors (Lipinski definition) is 0. The van der Waals surface area contributed by atoms with Crippen LogP contribution in [0.5, 0.6) is 0 Å². The molecule has 0 spiro atoms. The molecule has 12 aromatic rings. The summed E-state index contributed by atoms with van der Waals surface area (Å²) >= 11 is 0. The first-order valence-corrected chi connectivity index (χ1v) is 18.8. The van der Waals surface area contributed by atoms with Crippen LogP contribution < -0.4 is 0 Å². The molecule has 0 N–H and O–H groups in total. The van der Waals surface area contributed by atoms with Crippen LogP contribution in [0.4, 0.5) is 0 Å². The van der Waals surface area contributed by atoms with Gasteiger partial charge in [0.25, 0.3) is 0 Å². The zero-order chi connectivity index (χ0) is 36.7. The van der Waals surface area contributed by atoms with Gasteiger partial charge in [-0.15, -0.1) is 0 Å². The number of aromatic nitrogens is 6. The maximum Gasteiger partial charge on any atom is 0.235 e. The Kier molecular flexibility index (Phi) is 6.53. The molecule has 0 aliphatic rings. The molecule has 0 bridgehead atoms. The number of rotatable bonds is 5. The van der Waals surface area contributed by atoms with Crippen molar-refractivity contribution in [2.45, 2.75) is 0 Å². The number of pyridine rings is 2. The van der Waals surface area contributed by atoms with E-state index in [4.69, 9.17) is 9.97 Å². The molecule has 5 aromatic heterocycles. The van der Waals surface area contributed by atoms with Crippen LogP contribution in [-0.4, -0.2) is 29.1 Å². The van der Waals surface area contributed by atoms with E-state index < -0.39 is 0 Å². The first kappa shape index (κ1) is 30.7. The Morgan fingerprint density at radius 3 is 1.80 bits per heavy atom. The lowest BCUT2D eigenvalue weighted by molar-refractivity contribution is 0.988. The molecule has 12 rings (SSSR count). The smallest absolute Gasteiger partial charge is 0.235 e. The normalized spacial score (nSPS) is 11.9. The van der Waals surface area contributed by atoms with Crippen molar-refractivity contribution in [1.29, 1.82) is 0 Å². The summed E-state index contributed by atoms with van der Waals surface area (Å²) in [6.07, 6.45) is 3.59. The van der Waals surface area contributed by atoms with Crippen LogP contribution in [0.15, 0.2) is 182 Å². The number of para-hydroxylation sites is 1. The number of nitrogens with zero attached hydrogens (tertiary/aromatic N) is 6. The van der Waals surface area contributed by atoms with E-state index in [0.29, 0.717) is 5.95 Å². The first-order valence-electron chi connectivity index (χ1n) is 18.8. The molecule has 260 valence electrons. The molecular weight excluding hydrogens is 685 g/mol. The van der Waals surface area contributed by atoms with Gasteiger partial charge in [0, 0.05) is 39.6 Å². The monoisotopic (exact) mass is 714 g/mol. The first-order chi connectivity index (χ1) is 27.7. The van der Waals surface area contributed by atoms with Crippen molar-refractivity contribution in [2.75, 3.05) is 0 Å². The van der Waals surface area contributed by atoms with Crippen LogP contribution >= 0.6 is 0 Å². The Balaban J connectivity index is 1.08. The molecule has 0 aliphatic heterocycles. The van der Waals surface area contributed by atoms with Gasteiger partial charge in [-0.2, -0.15) is 0 Å². The summed E-state index contributed by atoms with van der Waals surface area (Å²) < 4.78 is 4.61. The van der Waals surface area contributed by atoms with E-state index in [1.165, 1.54) is 43.4 Å². The van der Waals surface area contributed by atoms with Crippen LogP contribution in [0.3, 0.4) is 0 Å². The lowest BCUT2D eigenvalue weighted by atomic mass is 9.96. The van der Waals surface area contributed by atoms with E-state index in [1.807, 2.05) is 42.5 Å². The molecule has 0 saturated heterocycles. The highest BCUT2D eigenvalue weighted by molar-refractivity contribution is 6.25. The number of fused-ring (bicyclic) bond motifs is 4. The van der Waals surface area contributed by atoms with Crippen molar-refractivity contribution in [2.24, 2.45) is 0 Å². The fourth-order valence-corrected chi connectivity index (χ4v) is 8.65. The summed E-state index contributed by atoms with van der Waals surface area (Å²) in [4.78, 5) is 19.6. The third-order valence-electron chi connectivity index (χ3n) is 11.2. The van der Waals surface area contributed by atoms with Crippen LogP contribution in [-0.2, 0) is 0 Å². The standard InChI is InChI=1S/C50H30N6/c1-2-11-33-27-37(22-20-31(33)10-1)55-46-17-9-12-32-18-19-35-26-36(29-47(55)49(35)48(32)46)34-21-23-45-39(28-34)38-13-3-4-16-44(38)56(45)50-53-42(40-14-5-7-24-51-40)30-43(54-50)41-15-6-8-25-52-41/h1-30H. The second-order valence-electron chi connectivity index (χ2n) is 14.4. The average Bonchev–Trinajstić information content (AvgIpc) is 3.79. The summed E-state index contributed by atoms with van der Waals surface area (Å²) in [6.45, 7) is 0. The van der Waals surface area contributed by atoms with Crippen molar-refractivity contribution in [3.05, 3.63) is 182 Å². The third kappa shape index (κ3) is 4.63. The van der Waals surface area contributed by atoms with Gasteiger partial charge in [-0.05, 0) is 112 Å². The minimum absolute atomic E-state index is 0.569. The second-order valence-corrected chi connectivity index (χ2v) is 14.4. The highest BCUT2D eigenvalue weighted by Gasteiger charge is 2.21. The van der Waals surface area contributed by atoms with Gasteiger partial charge in [-0.3, -0.25) is 14.5 Å². The van der Waals surface area contributed by atoms with Gasteiger partial charge < -0.3 is 4.57 Å². The fourth-order valence-electron chi connectivity index (χ4n) is 8.65. The molecular formula is C50H30N6. The summed E-state index contributed by atoms with van der Waals surface area (Å²) in [5, 5.41) is 9.80. The summed E-state index contributed by atoms with van der Waals surface area (Å²) in [7, 11) is 0. The minimum Gasteiger partial charge on any atom is -0.309 e. The Morgan fingerprint density at radius 1 is 0.339 bits per heavy atom. The van der Waals surface area contributed by atoms with Crippen LogP contribution in [0.25, 0.3) is 111 Å². The molecule has 0 atom stereocenters. The van der Waals surface area contributed by atoms with Crippen molar-refractivity contribution in [3.63, 3.8) is 0 Å². The Labute approximate surface area is 321 Å². The summed E-state index contributed by atoms with van der Waals surface area (Å²) in [6, 6.07) is 60.2. The number of hydrogen-bond acceptors (Lipinski definition) is 4. The van der Waals surface area contributed by atoms with Gasteiger partial charge in [-0.25, -0.2) is 9.97 Å². The largest absolute Gasteiger partial charge is 0.309 e. The van der Waals surface area contributed by atoms with Crippen molar-refractivity contribution in [1.82, 2.24) is 29.1 Å². The summed E-state index contributed by atoms with van der Waals surface area (Å²) in [5.74, 6) is 0.569.